The number of rotatable bonds is 5. The van der Waals surface area contributed by atoms with Crippen LogP contribution in [0.2, 0.25) is 0 Å². The molecular formula is C14H21N3O2S. The van der Waals surface area contributed by atoms with Crippen molar-refractivity contribution in [2.75, 3.05) is 19.6 Å². The van der Waals surface area contributed by atoms with Crippen LogP contribution < -0.4 is 5.32 Å². The van der Waals surface area contributed by atoms with Crippen molar-refractivity contribution in [2.45, 2.75) is 33.1 Å². The van der Waals surface area contributed by atoms with E-state index in [0.717, 1.165) is 23.5 Å². The molecule has 6 heteroatoms. The summed E-state index contributed by atoms with van der Waals surface area (Å²) in [6, 6.07) is 0. The first-order valence-corrected chi connectivity index (χ1v) is 7.94. The molecule has 20 heavy (non-hydrogen) atoms. The van der Waals surface area contributed by atoms with Crippen molar-refractivity contribution in [3.05, 3.63) is 16.1 Å². The van der Waals surface area contributed by atoms with Crippen LogP contribution in [0, 0.1) is 12.8 Å². The molecule has 0 aliphatic carbocycles. The molecule has 0 radical (unpaired) electrons. The quantitative estimate of drug-likeness (QED) is 0.892. The van der Waals surface area contributed by atoms with Crippen molar-refractivity contribution in [3.63, 3.8) is 0 Å². The van der Waals surface area contributed by atoms with Crippen molar-refractivity contribution < 1.29 is 9.59 Å². The van der Waals surface area contributed by atoms with Crippen LogP contribution in [-0.2, 0) is 16.0 Å². The number of thiazole rings is 1. The van der Waals surface area contributed by atoms with Gasteiger partial charge in [-0.15, -0.1) is 11.3 Å². The minimum Gasteiger partial charge on any atom is -0.356 e. The highest BCUT2D eigenvalue weighted by molar-refractivity contribution is 7.09. The van der Waals surface area contributed by atoms with Crippen LogP contribution in [0.3, 0.4) is 0 Å². The molecule has 1 saturated heterocycles. The molecule has 2 rings (SSSR count). The van der Waals surface area contributed by atoms with Gasteiger partial charge in [0, 0.05) is 25.0 Å². The Hall–Kier alpha value is -1.43. The first-order valence-electron chi connectivity index (χ1n) is 7.06. The van der Waals surface area contributed by atoms with Gasteiger partial charge in [0.05, 0.1) is 23.0 Å². The lowest BCUT2D eigenvalue weighted by Gasteiger charge is -2.15. The van der Waals surface area contributed by atoms with E-state index in [1.165, 1.54) is 0 Å². The molecule has 0 unspecified atom stereocenters. The Kier molecular flexibility index (Phi) is 5.11. The fraction of sp³-hybridized carbons (Fsp3) is 0.643. The zero-order valence-corrected chi connectivity index (χ0v) is 12.8. The summed E-state index contributed by atoms with van der Waals surface area (Å²) in [4.78, 5) is 30.1. The number of carbonyl (C=O) groups excluding carboxylic acids is 2. The van der Waals surface area contributed by atoms with Gasteiger partial charge in [-0.05, 0) is 19.8 Å². The molecule has 1 atom stereocenters. The first kappa shape index (κ1) is 15.0. The minimum atomic E-state index is -0.0531. The van der Waals surface area contributed by atoms with E-state index in [2.05, 4.69) is 10.3 Å². The smallest absolute Gasteiger partial charge is 0.228 e. The van der Waals surface area contributed by atoms with E-state index < -0.39 is 0 Å². The molecule has 2 amide bonds. The molecule has 0 aromatic carbocycles. The summed E-state index contributed by atoms with van der Waals surface area (Å²) in [5.41, 5.74) is 0.830. The molecule has 5 nitrogen and oxygen atoms in total. The summed E-state index contributed by atoms with van der Waals surface area (Å²) in [5.74, 6) is 0.0930. The summed E-state index contributed by atoms with van der Waals surface area (Å²) in [6.07, 6.45) is 2.04. The number of hydrogen-bond donors (Lipinski definition) is 1. The lowest BCUT2D eigenvalue weighted by molar-refractivity contribution is -0.130. The minimum absolute atomic E-state index is 0.0531. The number of aromatic nitrogens is 1. The van der Waals surface area contributed by atoms with Gasteiger partial charge in [0.25, 0.3) is 0 Å². The third kappa shape index (κ3) is 3.79. The second kappa shape index (κ2) is 6.83. The largest absolute Gasteiger partial charge is 0.356 e. The zero-order valence-electron chi connectivity index (χ0n) is 12.0. The molecule has 1 aliphatic heterocycles. The molecule has 1 aliphatic rings. The Morgan fingerprint density at radius 1 is 1.55 bits per heavy atom. The maximum atomic E-state index is 12.2. The van der Waals surface area contributed by atoms with Gasteiger partial charge in [0.15, 0.2) is 0 Å². The van der Waals surface area contributed by atoms with E-state index in [4.69, 9.17) is 0 Å². The van der Waals surface area contributed by atoms with Gasteiger partial charge in [0.1, 0.15) is 0 Å². The van der Waals surface area contributed by atoms with Crippen LogP contribution in [0.4, 0.5) is 0 Å². The summed E-state index contributed by atoms with van der Waals surface area (Å²) in [5, 5.41) is 5.80. The van der Waals surface area contributed by atoms with E-state index >= 15 is 0 Å². The van der Waals surface area contributed by atoms with Crippen molar-refractivity contribution in [3.8, 4) is 0 Å². The summed E-state index contributed by atoms with van der Waals surface area (Å²) < 4.78 is 0. The number of likely N-dealkylation sites (tertiary alicyclic amines) is 1. The second-order valence-corrected chi connectivity index (χ2v) is 6.21. The van der Waals surface area contributed by atoms with Crippen LogP contribution in [0.1, 0.15) is 30.5 Å². The molecule has 0 spiro atoms. The monoisotopic (exact) mass is 295 g/mol. The molecule has 110 valence electrons. The van der Waals surface area contributed by atoms with Crippen molar-refractivity contribution in [1.82, 2.24) is 15.2 Å². The van der Waals surface area contributed by atoms with Gasteiger partial charge in [-0.2, -0.15) is 0 Å². The normalized spacial score (nSPS) is 18.3. The number of nitrogens with zero attached hydrogens (tertiary/aromatic N) is 2. The Morgan fingerprint density at radius 3 is 3.00 bits per heavy atom. The van der Waals surface area contributed by atoms with Crippen LogP contribution in [-0.4, -0.2) is 41.3 Å². The lowest BCUT2D eigenvalue weighted by Crippen LogP contribution is -2.35. The van der Waals surface area contributed by atoms with Crippen LogP contribution in [0.15, 0.2) is 5.38 Å². The van der Waals surface area contributed by atoms with Crippen molar-refractivity contribution in [1.29, 1.82) is 0 Å². The average molecular weight is 295 g/mol. The van der Waals surface area contributed by atoms with Gasteiger partial charge in [-0.3, -0.25) is 9.59 Å². The molecular weight excluding hydrogens is 274 g/mol. The summed E-state index contributed by atoms with van der Waals surface area (Å²) in [7, 11) is 0. The third-order valence-electron chi connectivity index (χ3n) is 3.46. The first-order chi connectivity index (χ1) is 9.60. The zero-order chi connectivity index (χ0) is 14.5. The van der Waals surface area contributed by atoms with Crippen molar-refractivity contribution >= 4 is 23.2 Å². The Morgan fingerprint density at radius 2 is 2.35 bits per heavy atom. The van der Waals surface area contributed by atoms with E-state index in [9.17, 15) is 9.59 Å². The maximum Gasteiger partial charge on any atom is 0.228 e. The fourth-order valence-corrected chi connectivity index (χ4v) is 2.96. The van der Waals surface area contributed by atoms with Crippen LogP contribution in [0.5, 0.6) is 0 Å². The topological polar surface area (TPSA) is 62.3 Å². The SMILES string of the molecule is CCCNC(=O)[C@@H]1CCN(C(=O)Cc2csc(C)n2)C1. The highest BCUT2D eigenvalue weighted by Crippen LogP contribution is 2.18. The van der Waals surface area contributed by atoms with E-state index in [-0.39, 0.29) is 17.7 Å². The van der Waals surface area contributed by atoms with Gasteiger partial charge < -0.3 is 10.2 Å². The fourth-order valence-electron chi connectivity index (χ4n) is 2.35. The molecule has 1 N–H and O–H groups in total. The highest BCUT2D eigenvalue weighted by Gasteiger charge is 2.30. The Bertz CT molecular complexity index is 487. The number of carbonyl (C=O) groups is 2. The van der Waals surface area contributed by atoms with Crippen LogP contribution >= 0.6 is 11.3 Å². The average Bonchev–Trinajstić information content (AvgIpc) is 3.05. The highest BCUT2D eigenvalue weighted by atomic mass is 32.1. The van der Waals surface area contributed by atoms with E-state index in [1.54, 1.807) is 16.2 Å². The third-order valence-corrected chi connectivity index (χ3v) is 4.28. The summed E-state index contributed by atoms with van der Waals surface area (Å²) >= 11 is 1.56. The number of amides is 2. The molecule has 1 fully saturated rings. The predicted octanol–water partition coefficient (Wildman–Crippen LogP) is 1.37. The molecule has 2 heterocycles. The van der Waals surface area contributed by atoms with E-state index in [1.807, 2.05) is 19.2 Å². The van der Waals surface area contributed by atoms with Gasteiger partial charge in [0.2, 0.25) is 11.8 Å². The lowest BCUT2D eigenvalue weighted by atomic mass is 10.1. The van der Waals surface area contributed by atoms with E-state index in [0.29, 0.717) is 26.1 Å². The Labute approximate surface area is 123 Å². The van der Waals surface area contributed by atoms with Gasteiger partial charge in [-0.25, -0.2) is 4.98 Å². The standard InChI is InChI=1S/C14H21N3O2S/c1-3-5-15-14(19)11-4-6-17(8-11)13(18)7-12-9-20-10(2)16-12/h9,11H,3-8H2,1-2H3,(H,15,19)/t11-/m1/s1. The van der Waals surface area contributed by atoms with Gasteiger partial charge in [-0.1, -0.05) is 6.92 Å². The molecule has 0 saturated carbocycles. The number of nitrogens with one attached hydrogen (secondary N) is 1. The Balaban J connectivity index is 1.82. The summed E-state index contributed by atoms with van der Waals surface area (Å²) in [6.45, 7) is 5.88. The molecule has 1 aromatic rings. The van der Waals surface area contributed by atoms with Gasteiger partial charge >= 0.3 is 0 Å². The molecule has 0 bridgehead atoms. The van der Waals surface area contributed by atoms with Crippen molar-refractivity contribution in [2.24, 2.45) is 5.92 Å². The van der Waals surface area contributed by atoms with Crippen LogP contribution in [0.25, 0.3) is 0 Å². The number of aryl methyl sites for hydroxylation is 1. The second-order valence-electron chi connectivity index (χ2n) is 5.15. The number of hydrogen-bond acceptors (Lipinski definition) is 4. The predicted molar refractivity (Wildman–Crippen MR) is 78.5 cm³/mol. The maximum absolute atomic E-state index is 12.2. The molecule has 1 aromatic heterocycles.